The highest BCUT2D eigenvalue weighted by atomic mass is 28.4. The highest BCUT2D eigenvalue weighted by Gasteiger charge is 2.67. The number of amides is 3. The Kier molecular flexibility index (Phi) is 9.34. The first-order chi connectivity index (χ1) is 23.0. The van der Waals surface area contributed by atoms with Crippen molar-refractivity contribution in [2.75, 3.05) is 43.2 Å². The molecule has 6 rings (SSSR count). The first kappa shape index (κ1) is 33.6. The van der Waals surface area contributed by atoms with Crippen molar-refractivity contribution < 1.29 is 37.8 Å². The number of aliphatic hydroxyl groups is 1. The molecule has 1 N–H and O–H groups in total. The number of halogens is 1. The lowest BCUT2D eigenvalue weighted by Gasteiger charge is -2.31. The summed E-state index contributed by atoms with van der Waals surface area (Å²) in [4.78, 5) is 45.4. The second-order valence-corrected chi connectivity index (χ2v) is 17.0. The lowest BCUT2D eigenvalue weighted by atomic mass is 9.82. The summed E-state index contributed by atoms with van der Waals surface area (Å²) in [6, 6.07) is 22.2. The van der Waals surface area contributed by atoms with Gasteiger partial charge in [0.1, 0.15) is 12.4 Å². The molecule has 4 atom stereocenters. The van der Waals surface area contributed by atoms with E-state index in [9.17, 15) is 19.5 Å². The number of aliphatic hydroxyl groups excluding tert-OH is 1. The molecule has 0 bridgehead atoms. The zero-order valence-corrected chi connectivity index (χ0v) is 28.7. The van der Waals surface area contributed by atoms with Crippen molar-refractivity contribution in [3.63, 3.8) is 0 Å². The van der Waals surface area contributed by atoms with Crippen LogP contribution in [0.4, 0.5) is 20.3 Å². The SMILES string of the molecule is COc1ccc2c(c1)[C@]1(O[C@@H](CC(=O)N(CCO)Cc3ccccc3)[C@H]([Si](C)(C)F)[C@H]1C)C(=O)N2Cc1ccc(N2CCOC2=O)cc1. The lowest BCUT2D eigenvalue weighted by molar-refractivity contribution is -0.150. The van der Waals surface area contributed by atoms with E-state index in [4.69, 9.17) is 14.2 Å². The molecular formula is C36H42FN3O7Si. The molecule has 2 saturated heterocycles. The summed E-state index contributed by atoms with van der Waals surface area (Å²) in [6.07, 6.45) is -1.38. The van der Waals surface area contributed by atoms with Crippen LogP contribution in [0.5, 0.6) is 5.75 Å². The Hall–Kier alpha value is -4.26. The average molecular weight is 676 g/mol. The number of nitrogens with zero attached hydrogens (tertiary/aromatic N) is 3. The van der Waals surface area contributed by atoms with Crippen molar-refractivity contribution in [3.8, 4) is 5.75 Å². The maximum absolute atomic E-state index is 16.4. The minimum atomic E-state index is -3.52. The van der Waals surface area contributed by atoms with E-state index in [2.05, 4.69) is 0 Å². The average Bonchev–Trinajstić information content (AvgIpc) is 3.70. The van der Waals surface area contributed by atoms with Gasteiger partial charge in [-0.1, -0.05) is 49.4 Å². The molecule has 3 amide bonds. The first-order valence-corrected chi connectivity index (χ1v) is 19.3. The molecule has 3 aliphatic heterocycles. The standard InChI is InChI=1S/C36H42FN3O7Si/c1-24-33(48(3,4)37)31(21-32(42)38(16-18-41)22-25-8-6-5-7-9-25)47-36(24)29-20-28(45-2)14-15-30(29)40(34(36)43)23-26-10-12-27(13-11-26)39-17-19-46-35(39)44/h5-15,20,24,31,33,41H,16-19,21-23H2,1-4H3/t24-,31+,33-,36+/m1/s1. The number of rotatable bonds is 11. The Labute approximate surface area is 281 Å². The molecule has 1 spiro atoms. The van der Waals surface area contributed by atoms with Crippen LogP contribution in [0.3, 0.4) is 0 Å². The lowest BCUT2D eigenvalue weighted by Crippen LogP contribution is -2.45. The predicted molar refractivity (Wildman–Crippen MR) is 181 cm³/mol. The number of carbonyl (C=O) groups is 3. The van der Waals surface area contributed by atoms with E-state index >= 15 is 4.11 Å². The van der Waals surface area contributed by atoms with Crippen molar-refractivity contribution in [2.45, 2.75) is 56.8 Å². The van der Waals surface area contributed by atoms with Gasteiger partial charge in [-0.25, -0.2) is 4.79 Å². The smallest absolute Gasteiger partial charge is 0.414 e. The van der Waals surface area contributed by atoms with Gasteiger partial charge in [0.15, 0.2) is 5.60 Å². The molecular weight excluding hydrogens is 633 g/mol. The van der Waals surface area contributed by atoms with Crippen molar-refractivity contribution in [1.29, 1.82) is 0 Å². The third-order valence-corrected chi connectivity index (χ3v) is 12.3. The zero-order chi connectivity index (χ0) is 34.2. The van der Waals surface area contributed by atoms with Crippen LogP contribution < -0.4 is 14.5 Å². The summed E-state index contributed by atoms with van der Waals surface area (Å²) in [7, 11) is -1.98. The quantitative estimate of drug-likeness (QED) is 0.215. The molecule has 10 nitrogen and oxygen atoms in total. The van der Waals surface area contributed by atoms with Crippen LogP contribution in [-0.2, 0) is 37.8 Å². The third-order valence-electron chi connectivity index (χ3n) is 9.83. The van der Waals surface area contributed by atoms with Gasteiger partial charge in [0.25, 0.3) is 5.91 Å². The first-order valence-electron chi connectivity index (χ1n) is 16.3. The molecule has 3 aromatic carbocycles. The molecule has 3 aliphatic rings. The molecule has 3 aromatic rings. The number of methoxy groups -OCH3 is 1. The van der Waals surface area contributed by atoms with E-state index in [1.54, 1.807) is 47.0 Å². The number of carbonyl (C=O) groups excluding carboxylic acids is 3. The second kappa shape index (κ2) is 13.3. The Morgan fingerprint density at radius 1 is 1.08 bits per heavy atom. The van der Waals surface area contributed by atoms with Gasteiger partial charge < -0.3 is 33.2 Å². The Morgan fingerprint density at radius 2 is 1.81 bits per heavy atom. The summed E-state index contributed by atoms with van der Waals surface area (Å²) < 4.78 is 33.8. The van der Waals surface area contributed by atoms with Gasteiger partial charge in [0, 0.05) is 35.8 Å². The third kappa shape index (κ3) is 6.08. The van der Waals surface area contributed by atoms with Crippen LogP contribution in [0.1, 0.15) is 30.0 Å². The van der Waals surface area contributed by atoms with Crippen LogP contribution >= 0.6 is 0 Å². The highest BCUT2D eigenvalue weighted by Crippen LogP contribution is 2.60. The van der Waals surface area contributed by atoms with Crippen molar-refractivity contribution in [3.05, 3.63) is 89.5 Å². The predicted octanol–water partition coefficient (Wildman–Crippen LogP) is 5.38. The molecule has 0 radical (unpaired) electrons. The van der Waals surface area contributed by atoms with Crippen LogP contribution in [0.2, 0.25) is 18.6 Å². The number of ether oxygens (including phenoxy) is 3. The minimum Gasteiger partial charge on any atom is -0.497 e. The Bertz CT molecular complexity index is 1670. The second-order valence-electron chi connectivity index (χ2n) is 13.2. The van der Waals surface area contributed by atoms with Crippen LogP contribution in [0.15, 0.2) is 72.8 Å². The number of fused-ring (bicyclic) bond motifs is 2. The molecule has 0 unspecified atom stereocenters. The van der Waals surface area contributed by atoms with E-state index < -0.39 is 37.7 Å². The largest absolute Gasteiger partial charge is 0.497 e. The monoisotopic (exact) mass is 675 g/mol. The molecule has 12 heteroatoms. The van der Waals surface area contributed by atoms with E-state index in [1.807, 2.05) is 67.6 Å². The van der Waals surface area contributed by atoms with Gasteiger partial charge in [-0.05, 0) is 54.6 Å². The number of hydrogen-bond acceptors (Lipinski definition) is 7. The van der Waals surface area contributed by atoms with E-state index in [0.29, 0.717) is 42.4 Å². The molecule has 2 fully saturated rings. The minimum absolute atomic E-state index is 0.118. The van der Waals surface area contributed by atoms with Crippen molar-refractivity contribution in [1.82, 2.24) is 4.90 Å². The van der Waals surface area contributed by atoms with Gasteiger partial charge in [-0.15, -0.1) is 0 Å². The molecule has 254 valence electrons. The van der Waals surface area contributed by atoms with Crippen LogP contribution in [-0.4, -0.2) is 75.8 Å². The number of hydrogen-bond donors (Lipinski definition) is 1. The summed E-state index contributed by atoms with van der Waals surface area (Å²) in [5.74, 6) is -0.653. The summed E-state index contributed by atoms with van der Waals surface area (Å²) in [6.45, 7) is 6.27. The van der Waals surface area contributed by atoms with E-state index in [-0.39, 0.29) is 37.9 Å². The summed E-state index contributed by atoms with van der Waals surface area (Å²) >= 11 is 0. The normalized spacial score (nSPS) is 23.5. The number of benzene rings is 3. The van der Waals surface area contributed by atoms with Gasteiger partial charge in [-0.2, -0.15) is 0 Å². The summed E-state index contributed by atoms with van der Waals surface area (Å²) in [5, 5.41) is 9.78. The van der Waals surface area contributed by atoms with Gasteiger partial charge in [-0.3, -0.25) is 14.5 Å². The fourth-order valence-electron chi connectivity index (χ4n) is 7.62. The number of anilines is 2. The van der Waals surface area contributed by atoms with Crippen LogP contribution in [0, 0.1) is 5.92 Å². The van der Waals surface area contributed by atoms with Crippen molar-refractivity contribution >= 4 is 37.7 Å². The van der Waals surface area contributed by atoms with Crippen LogP contribution in [0.25, 0.3) is 0 Å². The zero-order valence-electron chi connectivity index (χ0n) is 27.7. The Morgan fingerprint density at radius 3 is 2.44 bits per heavy atom. The molecule has 0 aliphatic carbocycles. The molecule has 3 heterocycles. The Balaban J connectivity index is 1.32. The number of cyclic esters (lactones) is 1. The van der Waals surface area contributed by atoms with E-state index in [1.165, 1.54) is 0 Å². The van der Waals surface area contributed by atoms with Gasteiger partial charge in [0.05, 0.1) is 45.0 Å². The topological polar surface area (TPSA) is 109 Å². The van der Waals surface area contributed by atoms with E-state index in [0.717, 1.165) is 11.1 Å². The van der Waals surface area contributed by atoms with Gasteiger partial charge >= 0.3 is 6.09 Å². The fourth-order valence-corrected chi connectivity index (χ4v) is 10.1. The maximum atomic E-state index is 16.4. The van der Waals surface area contributed by atoms with Crippen molar-refractivity contribution in [2.24, 2.45) is 5.92 Å². The maximum Gasteiger partial charge on any atom is 0.414 e. The fraction of sp³-hybridized carbons (Fsp3) is 0.417. The van der Waals surface area contributed by atoms with Gasteiger partial charge in [0.2, 0.25) is 14.3 Å². The highest BCUT2D eigenvalue weighted by molar-refractivity contribution is 6.72. The molecule has 0 saturated carbocycles. The summed E-state index contributed by atoms with van der Waals surface area (Å²) in [5.41, 5.74) is 1.46. The molecule has 0 aromatic heterocycles. The molecule has 48 heavy (non-hydrogen) atoms.